The average Bonchev–Trinajstić information content (AvgIpc) is 2.74. The zero-order valence-corrected chi connectivity index (χ0v) is 24.3. The lowest BCUT2D eigenvalue weighted by Crippen LogP contribution is -2.75. The number of hydrogen-bond acceptors (Lipinski definition) is 6. The van der Waals surface area contributed by atoms with E-state index in [-0.39, 0.29) is 35.9 Å². The van der Waals surface area contributed by atoms with E-state index < -0.39 is 37.9 Å². The number of ether oxygens (including phenoxy) is 2. The Hall–Kier alpha value is -2.88. The summed E-state index contributed by atoms with van der Waals surface area (Å²) < 4.78 is 12.6. The molecule has 0 unspecified atom stereocenters. The van der Waals surface area contributed by atoms with Gasteiger partial charge in [-0.05, 0) is 31.4 Å². The van der Waals surface area contributed by atoms with Crippen LogP contribution in [0.2, 0.25) is 18.1 Å². The molecule has 0 aromatic heterocycles. The van der Waals surface area contributed by atoms with E-state index in [1.807, 2.05) is 30.3 Å². The molecule has 37 heavy (non-hydrogen) atoms. The Kier molecular flexibility index (Phi) is 8.12. The van der Waals surface area contributed by atoms with E-state index >= 15 is 0 Å². The highest BCUT2D eigenvalue weighted by Gasteiger charge is 2.61. The van der Waals surface area contributed by atoms with Crippen molar-refractivity contribution >= 4 is 32.1 Å². The Morgan fingerprint density at radius 3 is 2.16 bits per heavy atom. The standard InChI is InChI=1S/C27H41N3O6Si/c1-26(2,3)36-25(34)28-19-15-29(16-19)21(31)14-20-22(24(33)35-17-18-12-10-9-11-13-18)30(23(20)32)37(7,8)27(4,5)6/h9-13,19-20,22H,14-17H2,1-8H3,(H,28,34)/t20-,22+/m1/s1. The monoisotopic (exact) mass is 531 g/mol. The summed E-state index contributed by atoms with van der Waals surface area (Å²) in [7, 11) is -2.39. The summed E-state index contributed by atoms with van der Waals surface area (Å²) in [6.45, 7) is 16.5. The predicted octanol–water partition coefficient (Wildman–Crippen LogP) is 3.69. The molecule has 2 heterocycles. The fourth-order valence-corrected chi connectivity index (χ4v) is 6.80. The number of β-lactam (4-membered cyclic amide) rings is 1. The van der Waals surface area contributed by atoms with E-state index in [0.717, 1.165) is 5.56 Å². The zero-order chi connectivity index (χ0) is 27.8. The first-order valence-electron chi connectivity index (χ1n) is 12.8. The van der Waals surface area contributed by atoms with Crippen LogP contribution in [0.4, 0.5) is 4.79 Å². The van der Waals surface area contributed by atoms with E-state index in [0.29, 0.717) is 13.1 Å². The summed E-state index contributed by atoms with van der Waals surface area (Å²) >= 11 is 0. The van der Waals surface area contributed by atoms with Gasteiger partial charge in [0.15, 0.2) is 8.24 Å². The van der Waals surface area contributed by atoms with Crippen molar-refractivity contribution < 1.29 is 28.7 Å². The maximum absolute atomic E-state index is 13.4. The Balaban J connectivity index is 1.64. The number of esters is 1. The van der Waals surface area contributed by atoms with Crippen molar-refractivity contribution in [3.63, 3.8) is 0 Å². The van der Waals surface area contributed by atoms with Crippen LogP contribution in [0.1, 0.15) is 53.5 Å². The van der Waals surface area contributed by atoms with E-state index in [2.05, 4.69) is 39.2 Å². The number of benzene rings is 1. The molecule has 3 rings (SSSR count). The van der Waals surface area contributed by atoms with Gasteiger partial charge in [-0.15, -0.1) is 0 Å². The van der Waals surface area contributed by atoms with Crippen LogP contribution in [0.3, 0.4) is 0 Å². The Labute approximate surface area is 220 Å². The fraction of sp³-hybridized carbons (Fsp3) is 0.630. The smallest absolute Gasteiger partial charge is 0.407 e. The molecule has 2 atom stereocenters. The van der Waals surface area contributed by atoms with Gasteiger partial charge in [0, 0.05) is 19.5 Å². The third kappa shape index (κ3) is 6.52. The molecule has 1 aromatic carbocycles. The van der Waals surface area contributed by atoms with Crippen molar-refractivity contribution in [3.8, 4) is 0 Å². The number of nitrogens with one attached hydrogen (secondary N) is 1. The van der Waals surface area contributed by atoms with Gasteiger partial charge in [-0.2, -0.15) is 0 Å². The van der Waals surface area contributed by atoms with Crippen LogP contribution in [-0.4, -0.2) is 72.4 Å². The first-order chi connectivity index (χ1) is 17.0. The summed E-state index contributed by atoms with van der Waals surface area (Å²) in [5.41, 5.74) is 0.255. The van der Waals surface area contributed by atoms with Crippen LogP contribution >= 0.6 is 0 Å². The van der Waals surface area contributed by atoms with Crippen LogP contribution in [0.25, 0.3) is 0 Å². The summed E-state index contributed by atoms with van der Waals surface area (Å²) in [5.74, 6) is -1.59. The Morgan fingerprint density at radius 1 is 1.03 bits per heavy atom. The number of likely N-dealkylation sites (tertiary alicyclic amines) is 1. The third-order valence-corrected chi connectivity index (χ3v) is 12.8. The topological polar surface area (TPSA) is 105 Å². The van der Waals surface area contributed by atoms with Crippen LogP contribution in [-0.2, 0) is 30.5 Å². The summed E-state index contributed by atoms with van der Waals surface area (Å²) in [6, 6.07) is 8.40. The quantitative estimate of drug-likeness (QED) is 0.327. The molecule has 0 bridgehead atoms. The maximum atomic E-state index is 13.4. The second-order valence-corrected chi connectivity index (χ2v) is 17.6. The molecule has 9 nitrogen and oxygen atoms in total. The van der Waals surface area contributed by atoms with Crippen LogP contribution in [0.15, 0.2) is 30.3 Å². The number of carbonyl (C=O) groups is 4. The molecule has 204 valence electrons. The van der Waals surface area contributed by atoms with Gasteiger partial charge < -0.3 is 24.3 Å². The van der Waals surface area contributed by atoms with Gasteiger partial charge in [0.05, 0.1) is 12.0 Å². The Morgan fingerprint density at radius 2 is 1.62 bits per heavy atom. The largest absolute Gasteiger partial charge is 0.459 e. The van der Waals surface area contributed by atoms with Crippen molar-refractivity contribution in [3.05, 3.63) is 35.9 Å². The van der Waals surface area contributed by atoms with Gasteiger partial charge in [-0.1, -0.05) is 64.2 Å². The highest BCUT2D eigenvalue weighted by Crippen LogP contribution is 2.46. The highest BCUT2D eigenvalue weighted by atomic mass is 28.3. The van der Waals surface area contributed by atoms with Crippen LogP contribution in [0.5, 0.6) is 0 Å². The molecule has 10 heteroatoms. The molecule has 2 aliphatic heterocycles. The molecular weight excluding hydrogens is 490 g/mol. The molecule has 2 fully saturated rings. The predicted molar refractivity (Wildman–Crippen MR) is 142 cm³/mol. The molecule has 1 N–H and O–H groups in total. The first-order valence-corrected chi connectivity index (χ1v) is 15.8. The van der Waals surface area contributed by atoms with Crippen molar-refractivity contribution in [2.24, 2.45) is 5.92 Å². The summed E-state index contributed by atoms with van der Waals surface area (Å²) in [6.07, 6.45) is -0.584. The minimum atomic E-state index is -2.39. The van der Waals surface area contributed by atoms with Crippen molar-refractivity contribution in [1.82, 2.24) is 14.8 Å². The molecule has 3 amide bonds. The van der Waals surface area contributed by atoms with E-state index in [1.54, 1.807) is 30.2 Å². The van der Waals surface area contributed by atoms with Crippen molar-refractivity contribution in [2.75, 3.05) is 13.1 Å². The molecule has 2 aliphatic rings. The van der Waals surface area contributed by atoms with Gasteiger partial charge in [0.1, 0.15) is 18.2 Å². The van der Waals surface area contributed by atoms with E-state index in [9.17, 15) is 19.2 Å². The minimum Gasteiger partial charge on any atom is -0.459 e. The molecule has 2 saturated heterocycles. The van der Waals surface area contributed by atoms with Gasteiger partial charge in [-0.3, -0.25) is 9.59 Å². The molecule has 0 radical (unpaired) electrons. The van der Waals surface area contributed by atoms with Crippen molar-refractivity contribution in [2.45, 2.75) is 90.4 Å². The lowest BCUT2D eigenvalue weighted by molar-refractivity contribution is -0.170. The third-order valence-electron chi connectivity index (χ3n) is 7.47. The van der Waals surface area contributed by atoms with Crippen molar-refractivity contribution in [1.29, 1.82) is 0 Å². The van der Waals surface area contributed by atoms with Gasteiger partial charge in [0.2, 0.25) is 11.8 Å². The normalized spacial score (nSPS) is 20.6. The highest BCUT2D eigenvalue weighted by molar-refractivity contribution is 6.80. The average molecular weight is 532 g/mol. The second kappa shape index (κ2) is 10.5. The number of hydrogen-bond donors (Lipinski definition) is 1. The molecule has 0 aliphatic carbocycles. The number of alkyl carbamates (subject to hydrolysis) is 1. The maximum Gasteiger partial charge on any atom is 0.407 e. The molecular formula is C27H41N3O6Si. The molecule has 1 aromatic rings. The van der Waals surface area contributed by atoms with Gasteiger partial charge in [-0.25, -0.2) is 9.59 Å². The number of nitrogens with zero attached hydrogens (tertiary/aromatic N) is 2. The van der Waals surface area contributed by atoms with E-state index in [4.69, 9.17) is 9.47 Å². The second-order valence-electron chi connectivity index (χ2n) is 12.5. The van der Waals surface area contributed by atoms with Gasteiger partial charge >= 0.3 is 12.1 Å². The summed E-state index contributed by atoms with van der Waals surface area (Å²) in [5, 5.41) is 2.58. The number of rotatable bonds is 7. The fourth-order valence-electron chi connectivity index (χ4n) is 4.38. The SMILES string of the molecule is CC(C)(C)OC(=O)NC1CN(C(=O)C[C@H]2C(=O)N([Si](C)(C)C(C)(C)C)[C@@H]2C(=O)OCc2ccccc2)C1. The van der Waals surface area contributed by atoms with Gasteiger partial charge in [0.25, 0.3) is 0 Å². The zero-order valence-electron chi connectivity index (χ0n) is 23.3. The number of carbonyl (C=O) groups excluding carboxylic acids is 4. The first kappa shape index (κ1) is 28.7. The number of amides is 3. The molecule has 0 saturated carbocycles. The van der Waals surface area contributed by atoms with E-state index in [1.165, 1.54) is 0 Å². The molecule has 0 spiro atoms. The lowest BCUT2D eigenvalue weighted by Gasteiger charge is -2.57. The van der Waals surface area contributed by atoms with Crippen LogP contribution < -0.4 is 5.32 Å². The lowest BCUT2D eigenvalue weighted by atomic mass is 9.86. The minimum absolute atomic E-state index is 0.0613. The Bertz CT molecular complexity index is 1020. The van der Waals surface area contributed by atoms with Crippen LogP contribution in [0, 0.1) is 5.92 Å². The summed E-state index contributed by atoms with van der Waals surface area (Å²) in [4.78, 5) is 53.2.